The Kier molecular flexibility index (Phi) is 4.70. The molecule has 0 spiro atoms. The average Bonchev–Trinajstić information content (AvgIpc) is 2.74. The molecule has 7 heteroatoms. The predicted octanol–water partition coefficient (Wildman–Crippen LogP) is 1.37. The molecule has 2 amide bonds. The number of rotatable bonds is 4. The average molecular weight is 357 g/mol. The van der Waals surface area contributed by atoms with E-state index in [4.69, 9.17) is 0 Å². The highest BCUT2D eigenvalue weighted by Crippen LogP contribution is 2.25. The van der Waals surface area contributed by atoms with Crippen molar-refractivity contribution in [3.8, 4) is 0 Å². The van der Waals surface area contributed by atoms with Gasteiger partial charge in [-0.2, -0.15) is 5.10 Å². The van der Waals surface area contributed by atoms with Crippen LogP contribution in [0, 0.1) is 0 Å². The van der Waals surface area contributed by atoms with E-state index in [1.54, 1.807) is 16.5 Å². The SMILES string of the molecule is CCc1nn(C)c(CN2C(=O)C(CC)NC(=O)C2C)c1Br. The van der Waals surface area contributed by atoms with Crippen molar-refractivity contribution in [3.63, 3.8) is 0 Å². The minimum absolute atomic E-state index is 0.0317. The summed E-state index contributed by atoms with van der Waals surface area (Å²) in [4.78, 5) is 26.1. The number of carbonyl (C=O) groups is 2. The Morgan fingerprint density at radius 3 is 2.52 bits per heavy atom. The van der Waals surface area contributed by atoms with Crippen molar-refractivity contribution in [2.45, 2.75) is 52.2 Å². The Morgan fingerprint density at radius 2 is 2.00 bits per heavy atom. The Balaban J connectivity index is 2.30. The molecule has 2 rings (SSSR count). The second kappa shape index (κ2) is 6.17. The van der Waals surface area contributed by atoms with Crippen LogP contribution in [0.5, 0.6) is 0 Å². The third kappa shape index (κ3) is 2.84. The molecule has 0 radical (unpaired) electrons. The molecular weight excluding hydrogens is 336 g/mol. The zero-order chi connectivity index (χ0) is 15.7. The first-order valence-corrected chi connectivity index (χ1v) is 8.01. The van der Waals surface area contributed by atoms with Crippen molar-refractivity contribution in [2.24, 2.45) is 7.05 Å². The van der Waals surface area contributed by atoms with Crippen LogP contribution < -0.4 is 5.32 Å². The first-order chi connectivity index (χ1) is 9.90. The van der Waals surface area contributed by atoms with Crippen LogP contribution in [-0.2, 0) is 29.6 Å². The highest BCUT2D eigenvalue weighted by atomic mass is 79.9. The van der Waals surface area contributed by atoms with E-state index in [-0.39, 0.29) is 11.8 Å². The fraction of sp³-hybridized carbons (Fsp3) is 0.643. The van der Waals surface area contributed by atoms with Gasteiger partial charge in [-0.15, -0.1) is 0 Å². The summed E-state index contributed by atoms with van der Waals surface area (Å²) in [6, 6.07) is -0.890. The smallest absolute Gasteiger partial charge is 0.246 e. The molecule has 0 bridgehead atoms. The van der Waals surface area contributed by atoms with Crippen molar-refractivity contribution < 1.29 is 9.59 Å². The van der Waals surface area contributed by atoms with Crippen molar-refractivity contribution in [2.75, 3.05) is 0 Å². The van der Waals surface area contributed by atoms with Crippen LogP contribution in [0.2, 0.25) is 0 Å². The number of nitrogens with one attached hydrogen (secondary N) is 1. The number of aryl methyl sites for hydroxylation is 2. The van der Waals surface area contributed by atoms with E-state index in [9.17, 15) is 9.59 Å². The van der Waals surface area contributed by atoms with Crippen molar-refractivity contribution in [1.82, 2.24) is 20.0 Å². The van der Waals surface area contributed by atoms with Crippen LogP contribution in [0.4, 0.5) is 0 Å². The van der Waals surface area contributed by atoms with Crippen molar-refractivity contribution in [3.05, 3.63) is 15.9 Å². The quantitative estimate of drug-likeness (QED) is 0.885. The van der Waals surface area contributed by atoms with Gasteiger partial charge in [0.05, 0.1) is 22.4 Å². The van der Waals surface area contributed by atoms with Crippen LogP contribution in [0.1, 0.15) is 38.6 Å². The Morgan fingerprint density at radius 1 is 1.33 bits per heavy atom. The summed E-state index contributed by atoms with van der Waals surface area (Å²) < 4.78 is 2.70. The third-order valence-corrected chi connectivity index (χ3v) is 4.89. The number of piperazine rings is 1. The molecule has 2 heterocycles. The van der Waals surface area contributed by atoms with Crippen LogP contribution >= 0.6 is 15.9 Å². The van der Waals surface area contributed by atoms with E-state index < -0.39 is 12.1 Å². The van der Waals surface area contributed by atoms with Gasteiger partial charge in [-0.25, -0.2) is 0 Å². The van der Waals surface area contributed by atoms with E-state index in [2.05, 4.69) is 26.3 Å². The van der Waals surface area contributed by atoms with E-state index in [0.29, 0.717) is 13.0 Å². The molecule has 6 nitrogen and oxygen atoms in total. The van der Waals surface area contributed by atoms with Gasteiger partial charge >= 0.3 is 0 Å². The summed E-state index contributed by atoms with van der Waals surface area (Å²) in [5.74, 6) is -0.133. The molecule has 1 saturated heterocycles. The normalized spacial score (nSPS) is 22.6. The monoisotopic (exact) mass is 356 g/mol. The standard InChI is InChI=1S/C14H21BrN4O2/c1-5-9-12(15)11(18(4)17-9)7-19-8(3)13(20)16-10(6-2)14(19)21/h8,10H,5-7H2,1-4H3,(H,16,20). The van der Waals surface area contributed by atoms with Gasteiger partial charge in [0, 0.05) is 7.05 Å². The molecule has 116 valence electrons. The number of amides is 2. The highest BCUT2D eigenvalue weighted by Gasteiger charge is 2.37. The van der Waals surface area contributed by atoms with Crippen molar-refractivity contribution >= 4 is 27.7 Å². The summed E-state index contributed by atoms with van der Waals surface area (Å²) in [5.41, 5.74) is 1.87. The van der Waals surface area contributed by atoms with Gasteiger partial charge in [0.1, 0.15) is 12.1 Å². The minimum Gasteiger partial charge on any atom is -0.343 e. The Bertz CT molecular complexity index is 570. The summed E-state index contributed by atoms with van der Waals surface area (Å²) in [7, 11) is 1.86. The number of carbonyl (C=O) groups excluding carboxylic acids is 2. The summed E-state index contributed by atoms with van der Waals surface area (Å²) in [5, 5.41) is 7.20. The minimum atomic E-state index is -0.466. The number of aromatic nitrogens is 2. The molecule has 1 aromatic rings. The van der Waals surface area contributed by atoms with E-state index in [1.807, 2.05) is 20.9 Å². The molecule has 1 aliphatic rings. The lowest BCUT2D eigenvalue weighted by atomic mass is 10.1. The first-order valence-electron chi connectivity index (χ1n) is 7.21. The highest BCUT2D eigenvalue weighted by molar-refractivity contribution is 9.10. The summed E-state index contributed by atoms with van der Waals surface area (Å²) >= 11 is 3.55. The third-order valence-electron chi connectivity index (χ3n) is 3.98. The van der Waals surface area contributed by atoms with E-state index in [1.165, 1.54) is 0 Å². The van der Waals surface area contributed by atoms with Crippen LogP contribution in [0.15, 0.2) is 4.47 Å². The number of nitrogens with zero attached hydrogens (tertiary/aromatic N) is 3. The molecule has 1 fully saturated rings. The molecule has 1 N–H and O–H groups in total. The topological polar surface area (TPSA) is 67.2 Å². The van der Waals surface area contributed by atoms with Gasteiger partial charge in [0.15, 0.2) is 0 Å². The Hall–Kier alpha value is -1.37. The first kappa shape index (κ1) is 16.0. The molecule has 2 unspecified atom stereocenters. The molecule has 2 atom stereocenters. The lowest BCUT2D eigenvalue weighted by Crippen LogP contribution is -2.61. The maximum absolute atomic E-state index is 12.5. The van der Waals surface area contributed by atoms with Gasteiger partial charge in [0.25, 0.3) is 0 Å². The van der Waals surface area contributed by atoms with Crippen LogP contribution in [0.25, 0.3) is 0 Å². The molecule has 1 aromatic heterocycles. The maximum atomic E-state index is 12.5. The number of hydrogen-bond acceptors (Lipinski definition) is 3. The summed E-state index contributed by atoms with van der Waals surface area (Å²) in [6.45, 7) is 6.07. The summed E-state index contributed by atoms with van der Waals surface area (Å²) in [6.07, 6.45) is 1.41. The van der Waals surface area contributed by atoms with Crippen LogP contribution in [0.3, 0.4) is 0 Å². The molecule has 0 saturated carbocycles. The van der Waals surface area contributed by atoms with E-state index >= 15 is 0 Å². The number of hydrogen-bond donors (Lipinski definition) is 1. The molecule has 0 aromatic carbocycles. The second-order valence-electron chi connectivity index (χ2n) is 5.30. The molecule has 21 heavy (non-hydrogen) atoms. The van der Waals surface area contributed by atoms with Crippen LogP contribution in [-0.4, -0.2) is 38.6 Å². The Labute approximate surface area is 133 Å². The predicted molar refractivity (Wildman–Crippen MR) is 82.5 cm³/mol. The molecule has 1 aliphatic heterocycles. The van der Waals surface area contributed by atoms with E-state index in [0.717, 1.165) is 22.3 Å². The van der Waals surface area contributed by atoms with Gasteiger partial charge in [0.2, 0.25) is 11.8 Å². The number of halogens is 1. The largest absolute Gasteiger partial charge is 0.343 e. The zero-order valence-corrected chi connectivity index (χ0v) is 14.4. The van der Waals surface area contributed by atoms with Gasteiger partial charge < -0.3 is 10.2 Å². The lowest BCUT2D eigenvalue weighted by molar-refractivity contribution is -0.149. The maximum Gasteiger partial charge on any atom is 0.246 e. The van der Waals surface area contributed by atoms with Gasteiger partial charge in [-0.1, -0.05) is 13.8 Å². The van der Waals surface area contributed by atoms with Gasteiger partial charge in [-0.3, -0.25) is 14.3 Å². The fourth-order valence-electron chi connectivity index (χ4n) is 2.53. The van der Waals surface area contributed by atoms with Gasteiger partial charge in [-0.05, 0) is 35.7 Å². The lowest BCUT2D eigenvalue weighted by Gasteiger charge is -2.37. The molecular formula is C14H21BrN4O2. The second-order valence-corrected chi connectivity index (χ2v) is 6.09. The van der Waals surface area contributed by atoms with Crippen molar-refractivity contribution in [1.29, 1.82) is 0 Å². The molecule has 0 aliphatic carbocycles. The zero-order valence-electron chi connectivity index (χ0n) is 12.8. The fourth-order valence-corrected chi connectivity index (χ4v) is 3.27.